The van der Waals surface area contributed by atoms with E-state index in [4.69, 9.17) is 0 Å². The van der Waals surface area contributed by atoms with Crippen LogP contribution in [0.3, 0.4) is 0 Å². The molecule has 0 aliphatic carbocycles. The summed E-state index contributed by atoms with van der Waals surface area (Å²) in [4.78, 5) is 18.5. The lowest BCUT2D eigenvalue weighted by Gasteiger charge is -2.34. The van der Waals surface area contributed by atoms with Gasteiger partial charge in [-0.3, -0.25) is 0 Å². The molecule has 0 aliphatic heterocycles. The van der Waals surface area contributed by atoms with Crippen LogP contribution in [-0.2, 0) is 0 Å². The largest absolute Gasteiger partial charge is 0.367 e. The molecule has 0 bridgehead atoms. The summed E-state index contributed by atoms with van der Waals surface area (Å²) in [5.41, 5.74) is 13.8. The monoisotopic (exact) mass is 898 g/mol. The molecule has 354 valence electrons. The van der Waals surface area contributed by atoms with E-state index in [1.54, 1.807) is 0 Å². The molecule has 0 radical (unpaired) electrons. The normalized spacial score (nSPS) is 12.1. The second-order valence-electron chi connectivity index (χ2n) is 20.7. The van der Waals surface area contributed by atoms with Gasteiger partial charge in [0, 0.05) is 127 Å². The Balaban J connectivity index is 1.37. The van der Waals surface area contributed by atoms with Crippen LogP contribution in [0.2, 0.25) is 0 Å². The molecule has 7 heteroatoms. The molecule has 7 rings (SSSR count). The fourth-order valence-electron chi connectivity index (χ4n) is 10.9. The van der Waals surface area contributed by atoms with Crippen molar-refractivity contribution in [1.29, 1.82) is 0 Å². The number of aromatic nitrogens is 1. The van der Waals surface area contributed by atoms with E-state index in [0.717, 1.165) is 45.2 Å². The van der Waals surface area contributed by atoms with Gasteiger partial charge in [-0.2, -0.15) is 0 Å². The van der Waals surface area contributed by atoms with Crippen molar-refractivity contribution < 1.29 is 0 Å². The van der Waals surface area contributed by atoms with Gasteiger partial charge in [-0.25, -0.2) is 0 Å². The summed E-state index contributed by atoms with van der Waals surface area (Å²) in [5.74, 6) is 0. The maximum absolute atomic E-state index is 3.77. The van der Waals surface area contributed by atoms with Crippen molar-refractivity contribution in [3.63, 3.8) is 0 Å². The predicted octanol–water partition coefficient (Wildman–Crippen LogP) is 16.8. The first-order chi connectivity index (χ1) is 31.9. The number of hydrogen-bond donors (Lipinski definition) is 1. The molecule has 0 amide bonds. The van der Waals surface area contributed by atoms with Gasteiger partial charge >= 0.3 is 0 Å². The van der Waals surface area contributed by atoms with Crippen LogP contribution in [0.25, 0.3) is 21.8 Å². The molecule has 1 N–H and O–H groups in total. The van der Waals surface area contributed by atoms with Gasteiger partial charge in [0.15, 0.2) is 0 Å². The minimum absolute atomic E-state index is 0.392. The summed E-state index contributed by atoms with van der Waals surface area (Å²) in [5, 5.41) is 2.37. The Kier molecular flexibility index (Phi) is 14.9. The number of fused-ring (bicyclic) bond motifs is 3. The van der Waals surface area contributed by atoms with Gasteiger partial charge in [0.25, 0.3) is 0 Å². The summed E-state index contributed by atoms with van der Waals surface area (Å²) in [6, 6.07) is 53.4. The smallest absolute Gasteiger partial charge is 0.0469 e. The highest BCUT2D eigenvalue weighted by Crippen LogP contribution is 2.43. The number of nitrogens with one attached hydrogen (secondary N) is 1. The van der Waals surface area contributed by atoms with Crippen LogP contribution in [0.1, 0.15) is 111 Å². The first kappa shape index (κ1) is 48.8. The molecule has 1 heterocycles. The lowest BCUT2D eigenvalue weighted by atomic mass is 10.1. The second-order valence-corrected chi connectivity index (χ2v) is 20.7. The molecule has 0 spiro atoms. The average Bonchev–Trinajstić information content (AvgIpc) is 3.62. The quantitative estimate of drug-likeness (QED) is 0.0925. The fourth-order valence-corrected chi connectivity index (χ4v) is 10.9. The molecule has 0 saturated heterocycles. The minimum Gasteiger partial charge on any atom is -0.367 e. The Morgan fingerprint density at radius 3 is 0.612 bits per heavy atom. The summed E-state index contributed by atoms with van der Waals surface area (Å²) in [6.45, 7) is 36.4. The van der Waals surface area contributed by atoms with Gasteiger partial charge in [-0.15, -0.1) is 0 Å². The van der Waals surface area contributed by atoms with Crippen molar-refractivity contribution in [3.05, 3.63) is 133 Å². The van der Waals surface area contributed by atoms with Gasteiger partial charge in [-0.05, 0) is 244 Å². The third-order valence-corrected chi connectivity index (χ3v) is 13.2. The van der Waals surface area contributed by atoms with Crippen LogP contribution in [-0.4, -0.2) is 53.3 Å². The molecule has 7 aromatic rings. The molecule has 7 nitrogen and oxygen atoms in total. The first-order valence-electron chi connectivity index (χ1n) is 25.1. The second kappa shape index (κ2) is 20.4. The summed E-state index contributed by atoms with van der Waals surface area (Å²) in [6.07, 6.45) is 0. The Morgan fingerprint density at radius 2 is 0.418 bits per heavy atom. The molecule has 6 aromatic carbocycles. The molecule has 0 atom stereocenters. The number of nitrogens with zero attached hydrogens (tertiary/aromatic N) is 6. The molecule has 0 unspecified atom stereocenters. The maximum atomic E-state index is 3.77. The molecule has 1 aromatic heterocycles. The zero-order valence-corrected chi connectivity index (χ0v) is 43.5. The fraction of sp³-hybridized carbons (Fsp3) is 0.400. The highest BCUT2D eigenvalue weighted by Gasteiger charge is 2.22. The summed E-state index contributed by atoms with van der Waals surface area (Å²) >= 11 is 0. The van der Waals surface area contributed by atoms with Crippen LogP contribution in [0.15, 0.2) is 133 Å². The average molecular weight is 898 g/mol. The van der Waals surface area contributed by atoms with Crippen LogP contribution in [0.5, 0.6) is 0 Å². The molecular formula is C60H79N7. The van der Waals surface area contributed by atoms with Gasteiger partial charge in [0.05, 0.1) is 0 Å². The Hall–Kier alpha value is -6.08. The van der Waals surface area contributed by atoms with Crippen LogP contribution < -0.4 is 29.4 Å². The van der Waals surface area contributed by atoms with Gasteiger partial charge in [-0.1, -0.05) is 0 Å². The van der Waals surface area contributed by atoms with E-state index >= 15 is 0 Å². The van der Waals surface area contributed by atoms with Crippen LogP contribution >= 0.6 is 0 Å². The number of aromatic amines is 1. The molecule has 67 heavy (non-hydrogen) atoms. The van der Waals surface area contributed by atoms with Crippen LogP contribution in [0.4, 0.5) is 56.9 Å². The number of rotatable bonds is 18. The van der Waals surface area contributed by atoms with E-state index in [0.29, 0.717) is 48.3 Å². The highest BCUT2D eigenvalue weighted by atomic mass is 15.2. The van der Waals surface area contributed by atoms with Crippen molar-refractivity contribution in [3.8, 4) is 0 Å². The van der Waals surface area contributed by atoms with Crippen LogP contribution in [0, 0.1) is 0 Å². The Labute approximate surface area is 404 Å². The molecule has 0 aliphatic rings. The van der Waals surface area contributed by atoms with Gasteiger partial charge in [0.1, 0.15) is 0 Å². The number of benzene rings is 6. The number of anilines is 10. The molecule has 0 saturated carbocycles. The Morgan fingerprint density at radius 1 is 0.239 bits per heavy atom. The van der Waals surface area contributed by atoms with E-state index in [9.17, 15) is 0 Å². The van der Waals surface area contributed by atoms with Crippen molar-refractivity contribution in [2.75, 3.05) is 29.4 Å². The predicted molar refractivity (Wildman–Crippen MR) is 296 cm³/mol. The van der Waals surface area contributed by atoms with Gasteiger partial charge < -0.3 is 34.4 Å². The van der Waals surface area contributed by atoms with Gasteiger partial charge in [0.2, 0.25) is 0 Å². The first-order valence-corrected chi connectivity index (χ1v) is 25.1. The van der Waals surface area contributed by atoms with Crippen molar-refractivity contribution in [2.24, 2.45) is 0 Å². The zero-order chi connectivity index (χ0) is 48.4. The van der Waals surface area contributed by atoms with Crippen molar-refractivity contribution >= 4 is 78.7 Å². The number of hydrogen-bond acceptors (Lipinski definition) is 6. The highest BCUT2D eigenvalue weighted by molar-refractivity contribution is 6.10. The van der Waals surface area contributed by atoms with Crippen molar-refractivity contribution in [1.82, 2.24) is 4.98 Å². The maximum Gasteiger partial charge on any atom is 0.0469 e. The summed E-state index contributed by atoms with van der Waals surface area (Å²) < 4.78 is 0. The Bertz CT molecular complexity index is 2330. The molecular weight excluding hydrogens is 819 g/mol. The SMILES string of the molecule is CC(C)N(c1ccc(N(c2ccc(N(C(C)C)C(C)C)cc2)c2ccc3[nH]c4ccc(N(c5ccc(N(C(C)C)C(C)C)cc5)c5ccc(N(C(C)C)C(C)C)cc5)cc4c3c2)cc1)C(C)C. The standard InChI is InChI=1S/C60H79N7/c1-39(2)62(40(3)4)47-17-25-51(26-18-47)66(52-27-19-48(20-28-52)63(41(5)6)42(7)8)55-33-35-59-57(37-55)58-38-56(34-36-60(58)61-59)67(53-29-21-49(22-30-53)64(43(9)10)44(11)12)54-31-23-50(24-32-54)65(45(13)14)46(15)16/h17-46,61H,1-16H3. The van der Waals surface area contributed by atoms with E-state index in [2.05, 4.69) is 279 Å². The zero-order valence-electron chi connectivity index (χ0n) is 43.5. The third-order valence-electron chi connectivity index (χ3n) is 13.2. The molecule has 0 fully saturated rings. The van der Waals surface area contributed by atoms with E-state index in [1.165, 1.54) is 33.5 Å². The van der Waals surface area contributed by atoms with E-state index in [-0.39, 0.29) is 0 Å². The lowest BCUT2D eigenvalue weighted by Crippen LogP contribution is -2.37. The third kappa shape index (κ3) is 10.3. The topological polar surface area (TPSA) is 35.2 Å². The lowest BCUT2D eigenvalue weighted by molar-refractivity contribution is 0.608. The van der Waals surface area contributed by atoms with Crippen molar-refractivity contribution in [2.45, 2.75) is 159 Å². The summed E-state index contributed by atoms with van der Waals surface area (Å²) in [7, 11) is 0. The van der Waals surface area contributed by atoms with E-state index < -0.39 is 0 Å². The van der Waals surface area contributed by atoms with E-state index in [1.807, 2.05) is 0 Å². The number of H-pyrrole nitrogens is 1. The minimum atomic E-state index is 0.392.